The molecule has 1 unspecified atom stereocenters. The van der Waals surface area contributed by atoms with E-state index in [-0.39, 0.29) is 11.1 Å². The van der Waals surface area contributed by atoms with Crippen LogP contribution < -0.4 is 10.1 Å². The molecule has 1 atom stereocenters. The zero-order valence-corrected chi connectivity index (χ0v) is 14.0. The summed E-state index contributed by atoms with van der Waals surface area (Å²) in [6.45, 7) is 2.63. The maximum atomic E-state index is 14.5. The Balaban J connectivity index is 2.56. The van der Waals surface area contributed by atoms with Crippen LogP contribution in [0, 0.1) is 5.82 Å². The molecule has 0 aliphatic rings. The van der Waals surface area contributed by atoms with Crippen LogP contribution in [0.1, 0.15) is 24.1 Å². The van der Waals surface area contributed by atoms with Gasteiger partial charge in [0.05, 0.1) is 24.4 Å². The zero-order valence-electron chi connectivity index (χ0n) is 11.7. The van der Waals surface area contributed by atoms with Gasteiger partial charge in [0.25, 0.3) is 0 Å². The lowest BCUT2D eigenvalue weighted by Gasteiger charge is -2.22. The molecule has 0 bridgehead atoms. The molecule has 0 fully saturated rings. The van der Waals surface area contributed by atoms with E-state index < -0.39 is 5.82 Å². The first-order valence-corrected chi connectivity index (χ1v) is 7.61. The molecule has 2 rings (SSSR count). The standard InChI is InChI=1S/C15H15BrClFN2O/c1-3-20-15(9-6-7-19-8-12(9)21-2)10-4-5-11(16)13(17)14(10)18/h4-8,15,20H,3H2,1-2H3. The van der Waals surface area contributed by atoms with Crippen molar-refractivity contribution < 1.29 is 9.13 Å². The van der Waals surface area contributed by atoms with Crippen LogP contribution in [0.4, 0.5) is 4.39 Å². The van der Waals surface area contributed by atoms with Crippen LogP contribution in [0.2, 0.25) is 5.02 Å². The lowest BCUT2D eigenvalue weighted by Crippen LogP contribution is -2.23. The second kappa shape index (κ2) is 7.20. The molecule has 3 nitrogen and oxygen atoms in total. The van der Waals surface area contributed by atoms with Crippen LogP contribution in [0.5, 0.6) is 5.75 Å². The van der Waals surface area contributed by atoms with Crippen molar-refractivity contribution in [1.82, 2.24) is 10.3 Å². The van der Waals surface area contributed by atoms with Gasteiger partial charge in [0.1, 0.15) is 11.6 Å². The summed E-state index contributed by atoms with van der Waals surface area (Å²) < 4.78 is 20.3. The van der Waals surface area contributed by atoms with Crippen molar-refractivity contribution in [2.75, 3.05) is 13.7 Å². The Morgan fingerprint density at radius 3 is 2.81 bits per heavy atom. The van der Waals surface area contributed by atoms with Gasteiger partial charge in [-0.25, -0.2) is 4.39 Å². The third kappa shape index (κ3) is 3.36. The van der Waals surface area contributed by atoms with E-state index in [1.54, 1.807) is 31.6 Å². The van der Waals surface area contributed by atoms with Crippen molar-refractivity contribution in [3.63, 3.8) is 0 Å². The molecular weight excluding hydrogens is 359 g/mol. The highest BCUT2D eigenvalue weighted by molar-refractivity contribution is 9.10. The van der Waals surface area contributed by atoms with Crippen LogP contribution in [0.3, 0.4) is 0 Å². The van der Waals surface area contributed by atoms with Crippen LogP contribution in [-0.2, 0) is 0 Å². The van der Waals surface area contributed by atoms with Gasteiger partial charge in [0, 0.05) is 21.8 Å². The fourth-order valence-electron chi connectivity index (χ4n) is 2.16. The smallest absolute Gasteiger partial charge is 0.148 e. The fraction of sp³-hybridized carbons (Fsp3) is 0.267. The summed E-state index contributed by atoms with van der Waals surface area (Å²) in [5.74, 6) is 0.151. The number of nitrogens with one attached hydrogen (secondary N) is 1. The largest absolute Gasteiger partial charge is 0.495 e. The van der Waals surface area contributed by atoms with Crippen molar-refractivity contribution in [3.05, 3.63) is 57.0 Å². The Morgan fingerprint density at radius 2 is 2.14 bits per heavy atom. The van der Waals surface area contributed by atoms with Gasteiger partial charge in [0.2, 0.25) is 0 Å². The quantitative estimate of drug-likeness (QED) is 0.792. The number of benzene rings is 1. The topological polar surface area (TPSA) is 34.2 Å². The third-order valence-electron chi connectivity index (χ3n) is 3.13. The normalized spacial score (nSPS) is 12.2. The first-order valence-electron chi connectivity index (χ1n) is 6.44. The molecule has 0 saturated carbocycles. The molecule has 21 heavy (non-hydrogen) atoms. The minimum atomic E-state index is -0.448. The SMILES string of the molecule is CCNC(c1ccncc1OC)c1ccc(Br)c(Cl)c1F. The van der Waals surface area contributed by atoms with Gasteiger partial charge in [-0.05, 0) is 34.6 Å². The molecule has 0 amide bonds. The van der Waals surface area contributed by atoms with E-state index in [1.807, 2.05) is 13.0 Å². The predicted octanol–water partition coefficient (Wildman–Crippen LogP) is 4.34. The highest BCUT2D eigenvalue weighted by Crippen LogP contribution is 2.35. The monoisotopic (exact) mass is 372 g/mol. The van der Waals surface area contributed by atoms with E-state index in [1.165, 1.54) is 0 Å². The number of pyridine rings is 1. The van der Waals surface area contributed by atoms with Crippen molar-refractivity contribution in [2.24, 2.45) is 0 Å². The van der Waals surface area contributed by atoms with E-state index in [2.05, 4.69) is 26.2 Å². The molecule has 0 aliphatic carbocycles. The summed E-state index contributed by atoms with van der Waals surface area (Å²) in [7, 11) is 1.56. The summed E-state index contributed by atoms with van der Waals surface area (Å²) in [5, 5.41) is 3.33. The first-order chi connectivity index (χ1) is 10.1. The van der Waals surface area contributed by atoms with Gasteiger partial charge in [-0.1, -0.05) is 24.6 Å². The van der Waals surface area contributed by atoms with Gasteiger partial charge in [-0.15, -0.1) is 0 Å². The average Bonchev–Trinajstić information content (AvgIpc) is 2.51. The number of rotatable bonds is 5. The zero-order chi connectivity index (χ0) is 15.4. The van der Waals surface area contributed by atoms with Gasteiger partial charge in [-0.3, -0.25) is 4.98 Å². The Kier molecular flexibility index (Phi) is 5.56. The van der Waals surface area contributed by atoms with Crippen LogP contribution in [0.25, 0.3) is 0 Å². The molecule has 112 valence electrons. The minimum Gasteiger partial charge on any atom is -0.495 e. The van der Waals surface area contributed by atoms with E-state index in [0.29, 0.717) is 22.3 Å². The van der Waals surface area contributed by atoms with Gasteiger partial charge in [-0.2, -0.15) is 0 Å². The molecule has 1 heterocycles. The maximum absolute atomic E-state index is 14.5. The first kappa shape index (κ1) is 16.2. The highest BCUT2D eigenvalue weighted by Gasteiger charge is 2.22. The third-order valence-corrected chi connectivity index (χ3v) is 4.39. The van der Waals surface area contributed by atoms with Gasteiger partial charge >= 0.3 is 0 Å². The van der Waals surface area contributed by atoms with Gasteiger partial charge in [0.15, 0.2) is 0 Å². The summed E-state index contributed by atoms with van der Waals surface area (Å²) >= 11 is 9.22. The molecule has 0 radical (unpaired) electrons. The predicted molar refractivity (Wildman–Crippen MR) is 85.4 cm³/mol. The van der Waals surface area contributed by atoms with Crippen LogP contribution >= 0.6 is 27.5 Å². The van der Waals surface area contributed by atoms with Crippen molar-refractivity contribution in [3.8, 4) is 5.75 Å². The van der Waals surface area contributed by atoms with E-state index in [9.17, 15) is 4.39 Å². The Bertz CT molecular complexity index is 639. The number of hydrogen-bond donors (Lipinski definition) is 1. The number of hydrogen-bond acceptors (Lipinski definition) is 3. The lowest BCUT2D eigenvalue weighted by molar-refractivity contribution is 0.401. The molecule has 1 N–H and O–H groups in total. The molecule has 0 saturated heterocycles. The Labute approximate surface area is 136 Å². The van der Waals surface area contributed by atoms with Crippen molar-refractivity contribution in [2.45, 2.75) is 13.0 Å². The number of nitrogens with zero attached hydrogens (tertiary/aromatic N) is 1. The summed E-state index contributed by atoms with van der Waals surface area (Å²) in [6, 6.07) is 4.89. The minimum absolute atomic E-state index is 0.0726. The summed E-state index contributed by atoms with van der Waals surface area (Å²) in [5.41, 5.74) is 1.28. The van der Waals surface area contributed by atoms with Crippen LogP contribution in [0.15, 0.2) is 35.1 Å². The maximum Gasteiger partial charge on any atom is 0.148 e. The number of halogens is 3. The molecule has 0 aliphatic heterocycles. The highest BCUT2D eigenvalue weighted by atomic mass is 79.9. The number of aromatic nitrogens is 1. The lowest BCUT2D eigenvalue weighted by atomic mass is 9.98. The molecule has 0 spiro atoms. The summed E-state index contributed by atoms with van der Waals surface area (Å²) in [4.78, 5) is 4.03. The Hall–Kier alpha value is -1.17. The van der Waals surface area contributed by atoms with Crippen LogP contribution in [-0.4, -0.2) is 18.6 Å². The molecule has 6 heteroatoms. The number of methoxy groups -OCH3 is 1. The molecule has 2 aromatic rings. The second-order valence-electron chi connectivity index (χ2n) is 4.37. The van der Waals surface area contributed by atoms with Crippen molar-refractivity contribution >= 4 is 27.5 Å². The number of ether oxygens (including phenoxy) is 1. The van der Waals surface area contributed by atoms with Crippen molar-refractivity contribution in [1.29, 1.82) is 0 Å². The molecule has 1 aromatic heterocycles. The molecular formula is C15H15BrClFN2O. The molecule has 1 aromatic carbocycles. The van der Waals surface area contributed by atoms with E-state index >= 15 is 0 Å². The Morgan fingerprint density at radius 1 is 1.38 bits per heavy atom. The van der Waals surface area contributed by atoms with Gasteiger partial charge < -0.3 is 10.1 Å². The second-order valence-corrected chi connectivity index (χ2v) is 5.61. The average molecular weight is 374 g/mol. The summed E-state index contributed by atoms with van der Waals surface area (Å²) in [6.07, 6.45) is 3.26. The van der Waals surface area contributed by atoms with E-state index in [0.717, 1.165) is 5.56 Å². The van der Waals surface area contributed by atoms with E-state index in [4.69, 9.17) is 16.3 Å². The fourth-order valence-corrected chi connectivity index (χ4v) is 2.63.